The average molecular weight is 258 g/mol. The highest BCUT2D eigenvalue weighted by Gasteiger charge is 1.98. The summed E-state index contributed by atoms with van der Waals surface area (Å²) in [6, 6.07) is 11.5. The zero-order valence-electron chi connectivity index (χ0n) is 11.2. The molecule has 0 spiro atoms. The van der Waals surface area contributed by atoms with Crippen molar-refractivity contribution < 1.29 is 9.47 Å². The van der Waals surface area contributed by atoms with Crippen molar-refractivity contribution in [1.29, 1.82) is 0 Å². The van der Waals surface area contributed by atoms with Crippen molar-refractivity contribution in [3.05, 3.63) is 48.2 Å². The number of rotatable bonds is 6. The number of methoxy groups -OCH3 is 1. The second-order valence-electron chi connectivity index (χ2n) is 4.05. The Morgan fingerprint density at radius 2 is 1.79 bits per heavy atom. The third-order valence-electron chi connectivity index (χ3n) is 2.65. The van der Waals surface area contributed by atoms with Crippen molar-refractivity contribution in [2.75, 3.05) is 19.0 Å². The molecule has 0 bridgehead atoms. The van der Waals surface area contributed by atoms with Crippen molar-refractivity contribution in [3.8, 4) is 11.5 Å². The molecule has 1 N–H and O–H groups in total. The molecule has 2 aromatic rings. The third-order valence-corrected chi connectivity index (χ3v) is 2.65. The van der Waals surface area contributed by atoms with E-state index in [2.05, 4.69) is 10.3 Å². The molecule has 100 valence electrons. The summed E-state index contributed by atoms with van der Waals surface area (Å²) in [5.74, 6) is 2.52. The molecule has 4 heteroatoms. The van der Waals surface area contributed by atoms with Gasteiger partial charge in [-0.05, 0) is 37.3 Å². The maximum Gasteiger partial charge on any atom is 0.125 e. The Morgan fingerprint density at radius 1 is 1.05 bits per heavy atom. The van der Waals surface area contributed by atoms with Crippen LogP contribution in [0.3, 0.4) is 0 Å². The van der Waals surface area contributed by atoms with Gasteiger partial charge in [-0.3, -0.25) is 0 Å². The van der Waals surface area contributed by atoms with E-state index in [1.165, 1.54) is 0 Å². The lowest BCUT2D eigenvalue weighted by Gasteiger charge is -2.08. The van der Waals surface area contributed by atoms with Crippen molar-refractivity contribution in [3.63, 3.8) is 0 Å². The molecule has 0 radical (unpaired) electrons. The number of anilines is 1. The van der Waals surface area contributed by atoms with E-state index in [0.29, 0.717) is 6.61 Å². The summed E-state index contributed by atoms with van der Waals surface area (Å²) in [6.07, 6.45) is 1.82. The molecule has 1 aromatic heterocycles. The maximum atomic E-state index is 5.68. The molecule has 0 saturated heterocycles. The topological polar surface area (TPSA) is 43.4 Å². The number of benzene rings is 1. The van der Waals surface area contributed by atoms with Crippen LogP contribution in [0.1, 0.15) is 12.5 Å². The summed E-state index contributed by atoms with van der Waals surface area (Å²) in [4.78, 5) is 4.30. The molecule has 0 atom stereocenters. The normalized spacial score (nSPS) is 10.0. The maximum absolute atomic E-state index is 5.68. The van der Waals surface area contributed by atoms with Crippen LogP contribution in [0.5, 0.6) is 11.5 Å². The van der Waals surface area contributed by atoms with E-state index >= 15 is 0 Å². The Balaban J connectivity index is 1.90. The predicted octanol–water partition coefficient (Wildman–Crippen LogP) is 3.10. The van der Waals surface area contributed by atoms with Gasteiger partial charge in [0.1, 0.15) is 23.9 Å². The lowest BCUT2D eigenvalue weighted by atomic mass is 10.3. The highest BCUT2D eigenvalue weighted by atomic mass is 16.5. The highest BCUT2D eigenvalue weighted by Crippen LogP contribution is 2.18. The highest BCUT2D eigenvalue weighted by molar-refractivity contribution is 5.35. The van der Waals surface area contributed by atoms with Gasteiger partial charge in [-0.15, -0.1) is 0 Å². The summed E-state index contributed by atoms with van der Waals surface area (Å²) >= 11 is 0. The first-order valence-electron chi connectivity index (χ1n) is 6.27. The number of hydrogen-bond acceptors (Lipinski definition) is 4. The minimum atomic E-state index is 0.506. The van der Waals surface area contributed by atoms with Crippen LogP contribution >= 0.6 is 0 Å². The summed E-state index contributed by atoms with van der Waals surface area (Å²) in [7, 11) is 1.65. The standard InChI is InChI=1S/C15H18N2O2/c1-3-16-15-9-4-12(10-17-15)11-19-14-7-5-13(18-2)6-8-14/h4-10H,3,11H2,1-2H3,(H,16,17). The second kappa shape index (κ2) is 6.64. The summed E-state index contributed by atoms with van der Waals surface area (Å²) in [6.45, 7) is 3.42. The molecule has 0 unspecified atom stereocenters. The molecule has 4 nitrogen and oxygen atoms in total. The van der Waals surface area contributed by atoms with Crippen LogP contribution in [0, 0.1) is 0 Å². The van der Waals surface area contributed by atoms with Crippen molar-refractivity contribution >= 4 is 5.82 Å². The summed E-state index contributed by atoms with van der Waals surface area (Å²) in [5.41, 5.74) is 1.04. The van der Waals surface area contributed by atoms with Crippen molar-refractivity contribution in [1.82, 2.24) is 4.98 Å². The Morgan fingerprint density at radius 3 is 2.37 bits per heavy atom. The number of hydrogen-bond donors (Lipinski definition) is 1. The monoisotopic (exact) mass is 258 g/mol. The predicted molar refractivity (Wildman–Crippen MR) is 75.7 cm³/mol. The number of ether oxygens (including phenoxy) is 2. The van der Waals surface area contributed by atoms with Crippen molar-refractivity contribution in [2.24, 2.45) is 0 Å². The molecule has 1 heterocycles. The van der Waals surface area contributed by atoms with Crippen LogP contribution in [0.15, 0.2) is 42.6 Å². The van der Waals surface area contributed by atoms with Crippen LogP contribution in [0.4, 0.5) is 5.82 Å². The van der Waals surface area contributed by atoms with Crippen molar-refractivity contribution in [2.45, 2.75) is 13.5 Å². The van der Waals surface area contributed by atoms with Crippen LogP contribution in [0.2, 0.25) is 0 Å². The van der Waals surface area contributed by atoms with Gasteiger partial charge in [0, 0.05) is 18.3 Å². The van der Waals surface area contributed by atoms with Gasteiger partial charge < -0.3 is 14.8 Å². The molecule has 2 rings (SSSR count). The first kappa shape index (κ1) is 13.2. The number of pyridine rings is 1. The lowest BCUT2D eigenvalue weighted by molar-refractivity contribution is 0.305. The van der Waals surface area contributed by atoms with Gasteiger partial charge in [-0.25, -0.2) is 4.98 Å². The van der Waals surface area contributed by atoms with Gasteiger partial charge in [-0.1, -0.05) is 6.07 Å². The molecular formula is C15H18N2O2. The quantitative estimate of drug-likeness (QED) is 0.864. The fraction of sp³-hybridized carbons (Fsp3) is 0.267. The van der Waals surface area contributed by atoms with E-state index in [1.54, 1.807) is 7.11 Å². The summed E-state index contributed by atoms with van der Waals surface area (Å²) < 4.78 is 10.8. The smallest absolute Gasteiger partial charge is 0.125 e. The molecule has 0 aliphatic heterocycles. The minimum absolute atomic E-state index is 0.506. The number of nitrogens with zero attached hydrogens (tertiary/aromatic N) is 1. The molecule has 19 heavy (non-hydrogen) atoms. The first-order valence-corrected chi connectivity index (χ1v) is 6.27. The molecule has 0 saturated carbocycles. The second-order valence-corrected chi connectivity index (χ2v) is 4.05. The van der Waals surface area contributed by atoms with Crippen LogP contribution in [0.25, 0.3) is 0 Å². The molecule has 1 aromatic carbocycles. The molecule has 0 aliphatic carbocycles. The fourth-order valence-electron chi connectivity index (χ4n) is 1.63. The Kier molecular flexibility index (Phi) is 4.61. The number of aromatic nitrogens is 1. The van der Waals surface area contributed by atoms with Gasteiger partial charge in [0.05, 0.1) is 7.11 Å². The lowest BCUT2D eigenvalue weighted by Crippen LogP contribution is -2.01. The van der Waals surface area contributed by atoms with Gasteiger partial charge in [0.2, 0.25) is 0 Å². The van der Waals surface area contributed by atoms with Gasteiger partial charge in [0.25, 0.3) is 0 Å². The van der Waals surface area contributed by atoms with Crippen LogP contribution in [-0.2, 0) is 6.61 Å². The largest absolute Gasteiger partial charge is 0.497 e. The fourth-order valence-corrected chi connectivity index (χ4v) is 1.63. The van der Waals surface area contributed by atoms with E-state index in [0.717, 1.165) is 29.4 Å². The summed E-state index contributed by atoms with van der Waals surface area (Å²) in [5, 5.41) is 3.16. The van der Waals surface area contributed by atoms with E-state index in [1.807, 2.05) is 49.5 Å². The van der Waals surface area contributed by atoms with Gasteiger partial charge in [-0.2, -0.15) is 0 Å². The Hall–Kier alpha value is -2.23. The Labute approximate surface area is 113 Å². The first-order chi connectivity index (χ1) is 9.31. The zero-order valence-corrected chi connectivity index (χ0v) is 11.2. The number of nitrogens with one attached hydrogen (secondary N) is 1. The van der Waals surface area contributed by atoms with E-state index in [-0.39, 0.29) is 0 Å². The Bertz CT molecular complexity index is 495. The van der Waals surface area contributed by atoms with Gasteiger partial charge >= 0.3 is 0 Å². The molecule has 0 fully saturated rings. The third kappa shape index (κ3) is 3.88. The average Bonchev–Trinajstić information content (AvgIpc) is 2.47. The van der Waals surface area contributed by atoms with Crippen LogP contribution < -0.4 is 14.8 Å². The minimum Gasteiger partial charge on any atom is -0.497 e. The zero-order chi connectivity index (χ0) is 13.5. The molecule has 0 amide bonds. The molecule has 0 aliphatic rings. The van der Waals surface area contributed by atoms with Crippen LogP contribution in [-0.4, -0.2) is 18.6 Å². The van der Waals surface area contributed by atoms with E-state index in [4.69, 9.17) is 9.47 Å². The molecular weight excluding hydrogens is 240 g/mol. The SMILES string of the molecule is CCNc1ccc(COc2ccc(OC)cc2)cn1. The van der Waals surface area contributed by atoms with Gasteiger partial charge in [0.15, 0.2) is 0 Å². The van der Waals surface area contributed by atoms with E-state index < -0.39 is 0 Å². The van der Waals surface area contributed by atoms with E-state index in [9.17, 15) is 0 Å².